The number of thiophene rings is 1. The largest absolute Gasteiger partial charge is 0.456 e. The summed E-state index contributed by atoms with van der Waals surface area (Å²) < 4.78 is 13.0. The van der Waals surface area contributed by atoms with Crippen molar-refractivity contribution in [3.05, 3.63) is 89.7 Å². The predicted molar refractivity (Wildman–Crippen MR) is 156 cm³/mol. The fourth-order valence-corrected chi connectivity index (χ4v) is 5.95. The van der Waals surface area contributed by atoms with Gasteiger partial charge in [0.1, 0.15) is 17.0 Å². The van der Waals surface area contributed by atoms with Gasteiger partial charge in [-0.1, -0.05) is 23.7 Å². The molecule has 0 aliphatic carbocycles. The number of fused-ring (bicyclic) bond motifs is 2. The number of carbonyl (C=O) groups excluding carboxylic acids is 1. The molecule has 6 aromatic rings. The number of oxazole rings is 1. The second-order valence-corrected chi connectivity index (χ2v) is 11.0. The van der Waals surface area contributed by atoms with E-state index in [-0.39, 0.29) is 5.91 Å². The van der Waals surface area contributed by atoms with Crippen LogP contribution < -0.4 is 10.1 Å². The van der Waals surface area contributed by atoms with Gasteiger partial charge in [0.15, 0.2) is 5.58 Å². The van der Waals surface area contributed by atoms with Crippen molar-refractivity contribution in [2.24, 2.45) is 0 Å². The number of nitrogens with one attached hydrogen (secondary N) is 1. The van der Waals surface area contributed by atoms with Crippen molar-refractivity contribution in [3.63, 3.8) is 0 Å². The molecular weight excluding hydrogens is 546 g/mol. The maximum atomic E-state index is 11.9. The molecule has 0 atom stereocenters. The molecular formula is C30H22ClN5O3S. The minimum atomic E-state index is 0.213. The van der Waals surface area contributed by atoms with E-state index >= 15 is 0 Å². The Bertz CT molecular complexity index is 1870. The molecule has 1 aliphatic heterocycles. The lowest BCUT2D eigenvalue weighted by atomic mass is 10.2. The Balaban J connectivity index is 1.11. The van der Waals surface area contributed by atoms with Gasteiger partial charge in [-0.05, 0) is 54.4 Å². The quantitative estimate of drug-likeness (QED) is 0.210. The van der Waals surface area contributed by atoms with E-state index in [9.17, 15) is 4.79 Å². The summed E-state index contributed by atoms with van der Waals surface area (Å²) >= 11 is 7.65. The molecule has 198 valence electrons. The van der Waals surface area contributed by atoms with Crippen LogP contribution in [0.3, 0.4) is 0 Å². The van der Waals surface area contributed by atoms with E-state index in [1.165, 1.54) is 0 Å². The van der Waals surface area contributed by atoms with Gasteiger partial charge < -0.3 is 19.4 Å². The zero-order chi connectivity index (χ0) is 27.1. The summed E-state index contributed by atoms with van der Waals surface area (Å²) in [6.45, 7) is 1.42. The monoisotopic (exact) mass is 567 g/mol. The summed E-state index contributed by atoms with van der Waals surface area (Å²) in [5, 5.41) is 3.76. The number of hydrogen-bond acceptors (Lipinski definition) is 8. The van der Waals surface area contributed by atoms with E-state index in [2.05, 4.69) is 20.3 Å². The van der Waals surface area contributed by atoms with Crippen molar-refractivity contribution >= 4 is 61.9 Å². The van der Waals surface area contributed by atoms with Crippen molar-refractivity contribution < 1.29 is 13.9 Å². The molecule has 10 heteroatoms. The number of hydrogen-bond donors (Lipinski definition) is 1. The Morgan fingerprint density at radius 1 is 1.05 bits per heavy atom. The fourth-order valence-electron chi connectivity index (χ4n) is 4.72. The van der Waals surface area contributed by atoms with Gasteiger partial charge in [-0.3, -0.25) is 14.8 Å². The van der Waals surface area contributed by atoms with Crippen LogP contribution in [0.15, 0.2) is 83.5 Å². The number of carbonyl (C=O) groups is 1. The summed E-state index contributed by atoms with van der Waals surface area (Å²) in [4.78, 5) is 28.6. The molecule has 0 bridgehead atoms. The first-order valence-corrected chi connectivity index (χ1v) is 14.0. The molecule has 0 spiro atoms. The first-order valence-electron chi connectivity index (χ1n) is 12.8. The third-order valence-corrected chi connectivity index (χ3v) is 8.06. The molecule has 0 saturated carbocycles. The molecule has 1 saturated heterocycles. The number of aromatic nitrogens is 3. The molecule has 8 nitrogen and oxygen atoms in total. The number of pyridine rings is 2. The second-order valence-electron chi connectivity index (χ2n) is 9.49. The van der Waals surface area contributed by atoms with Gasteiger partial charge in [0.25, 0.3) is 6.01 Å². The number of anilines is 2. The molecule has 4 aromatic heterocycles. The lowest BCUT2D eigenvalue weighted by Gasteiger charge is -2.15. The van der Waals surface area contributed by atoms with Crippen LogP contribution in [-0.4, -0.2) is 32.3 Å². The van der Waals surface area contributed by atoms with Crippen molar-refractivity contribution in [2.45, 2.75) is 19.4 Å². The average Bonchev–Trinajstić information content (AvgIpc) is 3.67. The summed E-state index contributed by atoms with van der Waals surface area (Å²) in [7, 11) is 0. The number of likely N-dealkylation sites (tertiary alicyclic amines) is 1. The van der Waals surface area contributed by atoms with E-state index in [0.717, 1.165) is 45.0 Å². The lowest BCUT2D eigenvalue weighted by Crippen LogP contribution is -2.23. The van der Waals surface area contributed by atoms with Crippen LogP contribution in [-0.2, 0) is 11.3 Å². The van der Waals surface area contributed by atoms with Gasteiger partial charge in [-0.15, -0.1) is 11.3 Å². The Kier molecular flexibility index (Phi) is 6.30. The van der Waals surface area contributed by atoms with Crippen LogP contribution in [0.5, 0.6) is 11.5 Å². The number of halogens is 1. The summed E-state index contributed by atoms with van der Waals surface area (Å²) in [6.07, 6.45) is 5.15. The van der Waals surface area contributed by atoms with Crippen LogP contribution in [0.1, 0.15) is 18.4 Å². The fraction of sp³-hybridized carbons (Fsp3) is 0.133. The van der Waals surface area contributed by atoms with Gasteiger partial charge in [-0.2, -0.15) is 4.98 Å². The van der Waals surface area contributed by atoms with Gasteiger partial charge in [0.05, 0.1) is 20.8 Å². The third kappa shape index (κ3) is 4.97. The van der Waals surface area contributed by atoms with Gasteiger partial charge >= 0.3 is 0 Å². The number of benzene rings is 2. The van der Waals surface area contributed by atoms with Crippen LogP contribution in [0.4, 0.5) is 11.7 Å². The highest BCUT2D eigenvalue weighted by Crippen LogP contribution is 2.39. The van der Waals surface area contributed by atoms with Gasteiger partial charge in [-0.25, -0.2) is 0 Å². The van der Waals surface area contributed by atoms with E-state index in [1.54, 1.807) is 23.6 Å². The molecule has 1 fully saturated rings. The highest BCUT2D eigenvalue weighted by atomic mass is 35.5. The lowest BCUT2D eigenvalue weighted by molar-refractivity contribution is -0.128. The molecule has 2 aromatic carbocycles. The first kappa shape index (κ1) is 24.6. The van der Waals surface area contributed by atoms with Crippen molar-refractivity contribution in [3.8, 4) is 22.1 Å². The Hall–Kier alpha value is -4.47. The van der Waals surface area contributed by atoms with E-state index in [1.807, 2.05) is 71.8 Å². The second kappa shape index (κ2) is 10.3. The maximum absolute atomic E-state index is 11.9. The van der Waals surface area contributed by atoms with Gasteiger partial charge in [0, 0.05) is 54.7 Å². The molecule has 1 N–H and O–H groups in total. The predicted octanol–water partition coefficient (Wildman–Crippen LogP) is 7.81. The molecule has 7 rings (SSSR count). The number of ether oxygens (including phenoxy) is 1. The van der Waals surface area contributed by atoms with Crippen LogP contribution in [0.2, 0.25) is 5.02 Å². The van der Waals surface area contributed by atoms with E-state index in [4.69, 9.17) is 20.8 Å². The molecule has 5 heterocycles. The molecule has 1 amide bonds. The zero-order valence-corrected chi connectivity index (χ0v) is 22.7. The summed E-state index contributed by atoms with van der Waals surface area (Å²) in [5.41, 5.74) is 4.80. The minimum absolute atomic E-state index is 0.213. The van der Waals surface area contributed by atoms with E-state index < -0.39 is 0 Å². The Morgan fingerprint density at radius 3 is 2.83 bits per heavy atom. The molecule has 40 heavy (non-hydrogen) atoms. The Labute approximate surface area is 238 Å². The number of nitrogens with zero attached hydrogens (tertiary/aromatic N) is 4. The topological polar surface area (TPSA) is 93.4 Å². The smallest absolute Gasteiger partial charge is 0.300 e. The van der Waals surface area contributed by atoms with Crippen molar-refractivity contribution in [1.82, 2.24) is 19.9 Å². The maximum Gasteiger partial charge on any atom is 0.300 e. The molecule has 0 unspecified atom stereocenters. The van der Waals surface area contributed by atoms with Crippen LogP contribution in [0, 0.1) is 0 Å². The van der Waals surface area contributed by atoms with Crippen LogP contribution >= 0.6 is 22.9 Å². The van der Waals surface area contributed by atoms with E-state index in [0.29, 0.717) is 46.6 Å². The SMILES string of the molecule is O=C1CCCN1Cc1ccc(-c2cc3nccc(Oc4ccc5oc(Nc6cccc(Cl)c6)nc5c4)c3s2)nc1. The van der Waals surface area contributed by atoms with Gasteiger partial charge in [0.2, 0.25) is 5.91 Å². The summed E-state index contributed by atoms with van der Waals surface area (Å²) in [6, 6.07) is 21.1. The third-order valence-electron chi connectivity index (χ3n) is 6.66. The molecule has 0 radical (unpaired) electrons. The first-order chi connectivity index (χ1) is 19.6. The van der Waals surface area contributed by atoms with Crippen molar-refractivity contribution in [2.75, 3.05) is 11.9 Å². The van der Waals surface area contributed by atoms with Crippen molar-refractivity contribution in [1.29, 1.82) is 0 Å². The highest BCUT2D eigenvalue weighted by Gasteiger charge is 2.20. The Morgan fingerprint density at radius 2 is 2.00 bits per heavy atom. The number of amides is 1. The summed E-state index contributed by atoms with van der Waals surface area (Å²) in [5.74, 6) is 1.55. The number of rotatable bonds is 7. The standard InChI is InChI=1S/C30H22ClN5O3S/c31-19-3-1-4-20(13-19)34-30-35-23-14-21(7-9-25(23)39-30)38-26-10-11-32-24-15-27(40-29(24)26)22-8-6-18(16-33-22)17-36-12-2-5-28(36)37/h1,3-4,6-11,13-16H,2,5,12,17H2,(H,34,35). The molecule has 1 aliphatic rings. The normalized spacial score (nSPS) is 13.4. The minimum Gasteiger partial charge on any atom is -0.456 e. The average molecular weight is 568 g/mol. The highest BCUT2D eigenvalue weighted by molar-refractivity contribution is 7.22. The van der Waals surface area contributed by atoms with Crippen LogP contribution in [0.25, 0.3) is 31.9 Å². The zero-order valence-electron chi connectivity index (χ0n) is 21.1.